The molecule has 5 rings (SSSR count). The number of benzene rings is 2. The van der Waals surface area contributed by atoms with Crippen LogP contribution >= 0.6 is 56.5 Å². The molecule has 0 radical (unpaired) electrons. The summed E-state index contributed by atoms with van der Waals surface area (Å²) in [6, 6.07) is 14.7. The summed E-state index contributed by atoms with van der Waals surface area (Å²) in [5.41, 5.74) is 4.31. The van der Waals surface area contributed by atoms with E-state index in [0.29, 0.717) is 0 Å². The van der Waals surface area contributed by atoms with Crippen LogP contribution in [0.5, 0.6) is 5.75 Å². The van der Waals surface area contributed by atoms with Crippen LogP contribution in [0.3, 0.4) is 0 Å². The Balaban J connectivity index is 1.42. The first-order valence-electron chi connectivity index (χ1n) is 10.0. The molecule has 0 saturated heterocycles. The Morgan fingerprint density at radius 2 is 2.00 bits per heavy atom. The van der Waals surface area contributed by atoms with Gasteiger partial charge in [0, 0.05) is 33.6 Å². The molecule has 3 aromatic rings. The molecule has 2 aliphatic heterocycles. The lowest BCUT2D eigenvalue weighted by molar-refractivity contribution is 0.0934. The zero-order valence-corrected chi connectivity index (χ0v) is 22.0. The number of carbonyl (C=O) groups is 1. The Labute approximate surface area is 212 Å². The lowest BCUT2D eigenvalue weighted by Crippen LogP contribution is -2.39. The third kappa shape index (κ3) is 4.19. The minimum absolute atomic E-state index is 0.00341. The quantitative estimate of drug-likeness (QED) is 0.371. The van der Waals surface area contributed by atoms with Crippen molar-refractivity contribution in [1.82, 2.24) is 10.2 Å². The monoisotopic (exact) mass is 657 g/mol. The van der Waals surface area contributed by atoms with Gasteiger partial charge in [-0.3, -0.25) is 9.69 Å². The standard InChI is InChI=1S/C23H21I2N3O2S/c1-30-20-16(9-14(24)10-17(20)25)21-26-22(29)19-15-7-8-28(11-13-5-3-2-4-6-13)12-18(15)31-23(19)27-21/h2-6,9-10,21,27H,7-8,11-12H2,1H3,(H,26,29)/t21-/m1/s1. The van der Waals surface area contributed by atoms with E-state index < -0.39 is 0 Å². The second-order valence-corrected chi connectivity index (χ2v) is 11.2. The van der Waals surface area contributed by atoms with Gasteiger partial charge < -0.3 is 15.4 Å². The molecule has 0 bridgehead atoms. The van der Waals surface area contributed by atoms with Crippen LogP contribution in [0.2, 0.25) is 0 Å². The molecule has 5 nitrogen and oxygen atoms in total. The molecular formula is C23H21I2N3O2S. The lowest BCUT2D eigenvalue weighted by Gasteiger charge is -2.29. The average Bonchev–Trinajstić information content (AvgIpc) is 3.12. The largest absolute Gasteiger partial charge is 0.495 e. The Morgan fingerprint density at radius 3 is 2.77 bits per heavy atom. The molecule has 0 fully saturated rings. The van der Waals surface area contributed by atoms with Crippen molar-refractivity contribution in [2.24, 2.45) is 0 Å². The van der Waals surface area contributed by atoms with Crippen molar-refractivity contribution < 1.29 is 9.53 Å². The molecule has 31 heavy (non-hydrogen) atoms. The van der Waals surface area contributed by atoms with Gasteiger partial charge in [-0.05, 0) is 74.9 Å². The zero-order valence-electron chi connectivity index (χ0n) is 16.9. The third-order valence-electron chi connectivity index (χ3n) is 5.72. The van der Waals surface area contributed by atoms with Crippen LogP contribution in [0.25, 0.3) is 0 Å². The topological polar surface area (TPSA) is 53.6 Å². The molecule has 2 aromatic carbocycles. The summed E-state index contributed by atoms with van der Waals surface area (Å²) in [4.78, 5) is 16.9. The summed E-state index contributed by atoms with van der Waals surface area (Å²) in [5, 5.41) is 7.71. The van der Waals surface area contributed by atoms with Gasteiger partial charge >= 0.3 is 0 Å². The molecule has 160 valence electrons. The molecule has 2 N–H and O–H groups in total. The summed E-state index contributed by atoms with van der Waals surface area (Å²) in [5.74, 6) is 0.807. The summed E-state index contributed by atoms with van der Waals surface area (Å²) in [6.45, 7) is 2.78. The SMILES string of the molecule is COc1c(I)cc(I)cc1[C@@H]1NC(=O)c2c(sc3c2CCN(Cc2ccccc2)C3)N1. The predicted octanol–water partition coefficient (Wildman–Crippen LogP) is 5.38. The fraction of sp³-hybridized carbons (Fsp3) is 0.261. The number of nitrogens with zero attached hydrogens (tertiary/aromatic N) is 1. The van der Waals surface area contributed by atoms with Gasteiger partial charge in [-0.25, -0.2) is 0 Å². The van der Waals surface area contributed by atoms with E-state index in [1.54, 1.807) is 18.4 Å². The normalized spacial score (nSPS) is 18.0. The predicted molar refractivity (Wildman–Crippen MR) is 141 cm³/mol. The molecule has 0 aliphatic carbocycles. The Morgan fingerprint density at radius 1 is 1.19 bits per heavy atom. The lowest BCUT2D eigenvalue weighted by atomic mass is 10.00. The van der Waals surface area contributed by atoms with Gasteiger partial charge in [0.25, 0.3) is 5.91 Å². The number of thiophene rings is 1. The van der Waals surface area contributed by atoms with E-state index in [9.17, 15) is 4.79 Å². The molecule has 2 aliphatic rings. The Bertz CT molecular complexity index is 1150. The van der Waals surface area contributed by atoms with Crippen LogP contribution in [-0.4, -0.2) is 24.5 Å². The maximum Gasteiger partial charge on any atom is 0.256 e. The van der Waals surface area contributed by atoms with Gasteiger partial charge in [0.05, 0.1) is 16.2 Å². The molecule has 0 saturated carbocycles. The zero-order chi connectivity index (χ0) is 21.5. The van der Waals surface area contributed by atoms with E-state index in [0.717, 1.165) is 55.1 Å². The third-order valence-corrected chi connectivity index (χ3v) is 8.29. The number of rotatable bonds is 4. The number of ether oxygens (including phenoxy) is 1. The molecule has 8 heteroatoms. The van der Waals surface area contributed by atoms with Gasteiger partial charge in [0.1, 0.15) is 16.9 Å². The van der Waals surface area contributed by atoms with E-state index in [1.165, 1.54) is 16.0 Å². The van der Waals surface area contributed by atoms with Gasteiger partial charge in [0.2, 0.25) is 0 Å². The van der Waals surface area contributed by atoms with Gasteiger partial charge in [-0.15, -0.1) is 11.3 Å². The average molecular weight is 657 g/mol. The van der Waals surface area contributed by atoms with Gasteiger partial charge in [-0.2, -0.15) is 0 Å². The van der Waals surface area contributed by atoms with Crippen molar-refractivity contribution in [3.05, 3.63) is 76.7 Å². The van der Waals surface area contributed by atoms with Crippen molar-refractivity contribution in [3.63, 3.8) is 0 Å². The molecule has 0 spiro atoms. The summed E-state index contributed by atoms with van der Waals surface area (Å²) >= 11 is 6.30. The van der Waals surface area contributed by atoms with Crippen molar-refractivity contribution in [2.75, 3.05) is 19.0 Å². The highest BCUT2D eigenvalue weighted by Crippen LogP contribution is 2.42. The maximum absolute atomic E-state index is 13.1. The highest BCUT2D eigenvalue weighted by molar-refractivity contribution is 14.1. The number of halogens is 2. The van der Waals surface area contributed by atoms with Crippen LogP contribution < -0.4 is 15.4 Å². The van der Waals surface area contributed by atoms with Crippen LogP contribution in [0.15, 0.2) is 42.5 Å². The highest BCUT2D eigenvalue weighted by Gasteiger charge is 2.34. The number of methoxy groups -OCH3 is 1. The number of fused-ring (bicyclic) bond motifs is 3. The van der Waals surface area contributed by atoms with E-state index in [1.807, 2.05) is 0 Å². The van der Waals surface area contributed by atoms with Crippen LogP contribution in [0.1, 0.15) is 38.1 Å². The maximum atomic E-state index is 13.1. The molecule has 3 heterocycles. The van der Waals surface area contributed by atoms with Crippen molar-refractivity contribution in [1.29, 1.82) is 0 Å². The molecule has 1 atom stereocenters. The van der Waals surface area contributed by atoms with Gasteiger partial charge in [-0.1, -0.05) is 30.3 Å². The number of nitrogens with one attached hydrogen (secondary N) is 2. The molecule has 1 amide bonds. The van der Waals surface area contributed by atoms with E-state index in [4.69, 9.17) is 4.74 Å². The van der Waals surface area contributed by atoms with Crippen molar-refractivity contribution in [3.8, 4) is 5.75 Å². The summed E-state index contributed by atoms with van der Waals surface area (Å²) in [6.07, 6.45) is 0.594. The number of amides is 1. The van der Waals surface area contributed by atoms with Crippen molar-refractivity contribution in [2.45, 2.75) is 25.7 Å². The van der Waals surface area contributed by atoms with E-state index in [-0.39, 0.29) is 12.1 Å². The molecule has 1 aromatic heterocycles. The van der Waals surface area contributed by atoms with E-state index >= 15 is 0 Å². The Hall–Kier alpha value is -1.37. The fourth-order valence-corrected chi connectivity index (χ4v) is 7.74. The number of hydrogen-bond acceptors (Lipinski definition) is 5. The first-order chi connectivity index (χ1) is 15.0. The number of carbonyl (C=O) groups excluding carboxylic acids is 1. The second-order valence-electron chi connectivity index (χ2n) is 7.72. The van der Waals surface area contributed by atoms with Crippen molar-refractivity contribution >= 4 is 67.4 Å². The number of anilines is 1. The number of hydrogen-bond donors (Lipinski definition) is 2. The van der Waals surface area contributed by atoms with E-state index in [2.05, 4.69) is 103 Å². The van der Waals surface area contributed by atoms with Crippen LogP contribution in [0, 0.1) is 7.14 Å². The van der Waals surface area contributed by atoms with Gasteiger partial charge in [0.15, 0.2) is 0 Å². The first-order valence-corrected chi connectivity index (χ1v) is 13.0. The second kappa shape index (κ2) is 8.87. The Kier molecular flexibility index (Phi) is 6.15. The van der Waals surface area contributed by atoms with Crippen LogP contribution in [-0.2, 0) is 19.5 Å². The van der Waals surface area contributed by atoms with Crippen LogP contribution in [0.4, 0.5) is 5.00 Å². The minimum atomic E-state index is -0.307. The molecule has 0 unspecified atom stereocenters. The summed E-state index contributed by atoms with van der Waals surface area (Å²) in [7, 11) is 1.68. The minimum Gasteiger partial charge on any atom is -0.495 e. The highest BCUT2D eigenvalue weighted by atomic mass is 127. The summed E-state index contributed by atoms with van der Waals surface area (Å²) < 4.78 is 7.80. The smallest absolute Gasteiger partial charge is 0.256 e. The fourth-order valence-electron chi connectivity index (χ4n) is 4.31. The first kappa shape index (κ1) is 21.5. The molecular weight excluding hydrogens is 636 g/mol.